The normalized spacial score (nSPS) is 16.0. The van der Waals surface area contributed by atoms with Crippen molar-refractivity contribution in [2.75, 3.05) is 6.61 Å². The lowest BCUT2D eigenvalue weighted by Gasteiger charge is -2.14. The second kappa shape index (κ2) is 5.45. The van der Waals surface area contributed by atoms with E-state index in [0.717, 1.165) is 11.1 Å². The third kappa shape index (κ3) is 2.82. The second-order valence-electron chi connectivity index (χ2n) is 5.10. The Morgan fingerprint density at radius 3 is 3.00 bits per heavy atom. The number of nitriles is 1. The highest BCUT2D eigenvalue weighted by Gasteiger charge is 2.24. The first-order valence-electron chi connectivity index (χ1n) is 6.74. The van der Waals surface area contributed by atoms with Crippen LogP contribution in [0.25, 0.3) is 0 Å². The van der Waals surface area contributed by atoms with Gasteiger partial charge in [0.2, 0.25) is 0 Å². The van der Waals surface area contributed by atoms with Crippen LogP contribution < -0.4 is 9.47 Å². The largest absolute Gasteiger partial charge is 0.489 e. The molecule has 0 fully saturated rings. The Balaban J connectivity index is 1.66. The van der Waals surface area contributed by atoms with E-state index < -0.39 is 0 Å². The summed E-state index contributed by atoms with van der Waals surface area (Å²) in [5.74, 6) is 1.14. The lowest BCUT2D eigenvalue weighted by atomic mass is 10.1. The lowest BCUT2D eigenvalue weighted by Crippen LogP contribution is -2.22. The maximum Gasteiger partial charge on any atom is 0.137 e. The van der Waals surface area contributed by atoms with Gasteiger partial charge in [0.05, 0.1) is 11.6 Å². The van der Waals surface area contributed by atoms with Gasteiger partial charge in [-0.3, -0.25) is 0 Å². The monoisotopic (exact) mass is 283 g/mol. The van der Waals surface area contributed by atoms with Gasteiger partial charge in [-0.05, 0) is 42.8 Å². The zero-order valence-corrected chi connectivity index (χ0v) is 11.6. The van der Waals surface area contributed by atoms with Crippen LogP contribution in [0.2, 0.25) is 0 Å². The minimum atomic E-state index is -0.253. The molecule has 106 valence electrons. The first-order chi connectivity index (χ1) is 10.2. The molecule has 1 aliphatic heterocycles. The van der Waals surface area contributed by atoms with Crippen molar-refractivity contribution in [3.63, 3.8) is 0 Å². The molecule has 1 heterocycles. The Morgan fingerprint density at radius 2 is 2.19 bits per heavy atom. The first-order valence-corrected chi connectivity index (χ1v) is 6.74. The number of rotatable bonds is 3. The van der Waals surface area contributed by atoms with Gasteiger partial charge in [-0.15, -0.1) is 0 Å². The first kappa shape index (κ1) is 13.4. The third-order valence-electron chi connectivity index (χ3n) is 3.51. The zero-order valence-electron chi connectivity index (χ0n) is 11.6. The fraction of sp³-hybridized carbons (Fsp3) is 0.235. The molecule has 1 atom stereocenters. The highest BCUT2D eigenvalue weighted by atomic mass is 19.1. The van der Waals surface area contributed by atoms with Crippen molar-refractivity contribution in [2.45, 2.75) is 19.4 Å². The van der Waals surface area contributed by atoms with E-state index in [1.165, 1.54) is 12.1 Å². The van der Waals surface area contributed by atoms with Crippen LogP contribution in [0.5, 0.6) is 11.5 Å². The van der Waals surface area contributed by atoms with Crippen LogP contribution in [0, 0.1) is 24.1 Å². The Morgan fingerprint density at radius 1 is 1.33 bits per heavy atom. The van der Waals surface area contributed by atoms with Gasteiger partial charge >= 0.3 is 0 Å². The summed E-state index contributed by atoms with van der Waals surface area (Å²) in [6.45, 7) is 2.29. The van der Waals surface area contributed by atoms with E-state index >= 15 is 0 Å². The number of halogens is 1. The molecule has 0 radical (unpaired) electrons. The molecule has 2 aromatic carbocycles. The Kier molecular flexibility index (Phi) is 3.49. The predicted molar refractivity (Wildman–Crippen MR) is 75.9 cm³/mol. The molecule has 2 aromatic rings. The van der Waals surface area contributed by atoms with Crippen LogP contribution >= 0.6 is 0 Å². The van der Waals surface area contributed by atoms with Gasteiger partial charge < -0.3 is 9.47 Å². The average molecular weight is 283 g/mol. The Labute approximate surface area is 122 Å². The van der Waals surface area contributed by atoms with E-state index in [1.54, 1.807) is 18.2 Å². The van der Waals surface area contributed by atoms with Gasteiger partial charge in [0.25, 0.3) is 0 Å². The molecule has 0 saturated heterocycles. The highest BCUT2D eigenvalue weighted by Crippen LogP contribution is 2.30. The lowest BCUT2D eigenvalue weighted by molar-refractivity contribution is 0.148. The summed E-state index contributed by atoms with van der Waals surface area (Å²) < 4.78 is 24.6. The SMILES string of the molecule is Cc1ccc(C#N)cc1OCC1Cc2cc(F)ccc2O1. The van der Waals surface area contributed by atoms with Crippen molar-refractivity contribution >= 4 is 0 Å². The van der Waals surface area contributed by atoms with E-state index in [0.29, 0.717) is 30.1 Å². The molecule has 0 bridgehead atoms. The quantitative estimate of drug-likeness (QED) is 0.867. The van der Waals surface area contributed by atoms with E-state index in [4.69, 9.17) is 14.7 Å². The van der Waals surface area contributed by atoms with Crippen LogP contribution in [0.4, 0.5) is 4.39 Å². The summed E-state index contributed by atoms with van der Waals surface area (Å²) >= 11 is 0. The molecule has 0 N–H and O–H groups in total. The van der Waals surface area contributed by atoms with Crippen molar-refractivity contribution < 1.29 is 13.9 Å². The van der Waals surface area contributed by atoms with Crippen molar-refractivity contribution in [1.82, 2.24) is 0 Å². The van der Waals surface area contributed by atoms with E-state index in [9.17, 15) is 4.39 Å². The molecule has 21 heavy (non-hydrogen) atoms. The number of hydrogen-bond acceptors (Lipinski definition) is 3. The van der Waals surface area contributed by atoms with Gasteiger partial charge in [-0.1, -0.05) is 6.07 Å². The Bertz CT molecular complexity index is 721. The minimum Gasteiger partial charge on any atom is -0.489 e. The highest BCUT2D eigenvalue weighted by molar-refractivity contribution is 5.42. The topological polar surface area (TPSA) is 42.2 Å². The van der Waals surface area contributed by atoms with Crippen LogP contribution in [-0.2, 0) is 6.42 Å². The van der Waals surface area contributed by atoms with Crippen LogP contribution in [-0.4, -0.2) is 12.7 Å². The van der Waals surface area contributed by atoms with Crippen molar-refractivity contribution in [3.05, 3.63) is 58.9 Å². The van der Waals surface area contributed by atoms with Crippen LogP contribution in [0.1, 0.15) is 16.7 Å². The maximum absolute atomic E-state index is 13.2. The average Bonchev–Trinajstić information content (AvgIpc) is 2.88. The number of nitrogens with zero attached hydrogens (tertiary/aromatic N) is 1. The van der Waals surface area contributed by atoms with Gasteiger partial charge in [-0.25, -0.2) is 4.39 Å². The van der Waals surface area contributed by atoms with Gasteiger partial charge in [0.1, 0.15) is 30.0 Å². The fourth-order valence-electron chi connectivity index (χ4n) is 2.39. The summed E-state index contributed by atoms with van der Waals surface area (Å²) in [5.41, 5.74) is 2.40. The fourth-order valence-corrected chi connectivity index (χ4v) is 2.39. The molecule has 1 unspecified atom stereocenters. The van der Waals surface area contributed by atoms with Gasteiger partial charge in [-0.2, -0.15) is 5.26 Å². The molecule has 0 amide bonds. The van der Waals surface area contributed by atoms with Crippen molar-refractivity contribution in [2.24, 2.45) is 0 Å². The minimum absolute atomic E-state index is 0.132. The summed E-state index contributed by atoms with van der Waals surface area (Å²) in [6, 6.07) is 12.0. The number of ether oxygens (including phenoxy) is 2. The van der Waals surface area contributed by atoms with E-state index in [-0.39, 0.29) is 11.9 Å². The summed E-state index contributed by atoms with van der Waals surface area (Å²) in [7, 11) is 0. The van der Waals surface area contributed by atoms with Crippen LogP contribution in [0.3, 0.4) is 0 Å². The zero-order chi connectivity index (χ0) is 14.8. The predicted octanol–water partition coefficient (Wildman–Crippen LogP) is 3.39. The second-order valence-corrected chi connectivity index (χ2v) is 5.10. The third-order valence-corrected chi connectivity index (χ3v) is 3.51. The number of aryl methyl sites for hydroxylation is 1. The molecule has 0 aliphatic carbocycles. The van der Waals surface area contributed by atoms with Gasteiger partial charge in [0.15, 0.2) is 0 Å². The van der Waals surface area contributed by atoms with E-state index in [2.05, 4.69) is 6.07 Å². The molecule has 4 heteroatoms. The number of benzene rings is 2. The summed E-state index contributed by atoms with van der Waals surface area (Å²) in [5, 5.41) is 8.91. The molecular weight excluding hydrogens is 269 g/mol. The standard InChI is InChI=1S/C17H14FNO2/c1-11-2-3-12(9-19)6-17(11)20-10-15-8-13-7-14(18)4-5-16(13)21-15/h2-7,15H,8,10H2,1H3. The van der Waals surface area contributed by atoms with Crippen molar-refractivity contribution in [1.29, 1.82) is 5.26 Å². The summed E-state index contributed by atoms with van der Waals surface area (Å²) in [4.78, 5) is 0. The van der Waals surface area contributed by atoms with Gasteiger partial charge in [0, 0.05) is 12.0 Å². The summed E-state index contributed by atoms with van der Waals surface area (Å²) in [6.07, 6.45) is 0.497. The molecule has 3 rings (SSSR count). The number of hydrogen-bond donors (Lipinski definition) is 0. The molecule has 0 saturated carbocycles. The van der Waals surface area contributed by atoms with Crippen molar-refractivity contribution in [3.8, 4) is 17.6 Å². The molecule has 3 nitrogen and oxygen atoms in total. The smallest absolute Gasteiger partial charge is 0.137 e. The van der Waals surface area contributed by atoms with Crippen LogP contribution in [0.15, 0.2) is 36.4 Å². The number of fused-ring (bicyclic) bond motifs is 1. The molecular formula is C17H14FNO2. The molecule has 1 aliphatic rings. The molecule has 0 aromatic heterocycles. The molecule has 0 spiro atoms. The maximum atomic E-state index is 13.2. The van der Waals surface area contributed by atoms with E-state index in [1.807, 2.05) is 13.0 Å². The Hall–Kier alpha value is -2.54.